The fourth-order valence-electron chi connectivity index (χ4n) is 17.9. The number of halogens is 6. The van der Waals surface area contributed by atoms with Crippen LogP contribution in [0, 0.1) is 5.82 Å². The minimum absolute atomic E-state index is 0.0330. The van der Waals surface area contributed by atoms with Gasteiger partial charge >= 0.3 is 35.8 Å². The molecule has 6 heterocycles. The lowest BCUT2D eigenvalue weighted by Gasteiger charge is -2.27. The van der Waals surface area contributed by atoms with Crippen LogP contribution in [-0.2, 0) is 106 Å². The highest BCUT2D eigenvalue weighted by Crippen LogP contribution is 2.45. The first kappa shape index (κ1) is 111. The van der Waals surface area contributed by atoms with Crippen molar-refractivity contribution in [3.63, 3.8) is 0 Å². The lowest BCUT2D eigenvalue weighted by molar-refractivity contribution is -0.142. The Labute approximate surface area is 875 Å². The smallest absolute Gasteiger partial charge is 0.336 e. The summed E-state index contributed by atoms with van der Waals surface area (Å²) in [5.74, 6) is -4.81. The van der Waals surface area contributed by atoms with E-state index in [1.54, 1.807) is 116 Å². The average Bonchev–Trinajstić information content (AvgIpc) is 0.428. The molecule has 32 heteroatoms. The van der Waals surface area contributed by atoms with Crippen LogP contribution in [0.1, 0.15) is 173 Å². The van der Waals surface area contributed by atoms with Crippen molar-refractivity contribution >= 4 is 140 Å². The maximum Gasteiger partial charge on any atom is 0.336 e. The Hall–Kier alpha value is -15.3. The van der Waals surface area contributed by atoms with Gasteiger partial charge in [0.1, 0.15) is 36.3 Å². The monoisotopic (exact) mass is 2090 g/mol. The minimum atomic E-state index is -0.814. The highest BCUT2D eigenvalue weighted by molar-refractivity contribution is 6.35. The summed E-state index contributed by atoms with van der Waals surface area (Å²) in [4.78, 5) is 146. The van der Waals surface area contributed by atoms with Crippen molar-refractivity contribution in [2.45, 2.75) is 142 Å². The first-order valence-electron chi connectivity index (χ1n) is 46.9. The molecule has 760 valence electrons. The molecule has 0 spiro atoms. The molecule has 0 aromatic heterocycles. The van der Waals surface area contributed by atoms with Crippen LogP contribution in [0.25, 0.3) is 10.8 Å². The van der Waals surface area contributed by atoms with Gasteiger partial charge in [0.2, 0.25) is 35.4 Å². The number of methoxy groups -OCH3 is 3. The summed E-state index contributed by atoms with van der Waals surface area (Å²) in [5, 5.41) is 20.5. The molecular weight excluding hydrogens is 1980 g/mol. The lowest BCUT2D eigenvalue weighted by Crippen LogP contribution is -2.34. The number of rotatable bonds is 23. The van der Waals surface area contributed by atoms with Crippen molar-refractivity contribution in [2.75, 3.05) is 34.5 Å². The topological polar surface area (TPSA) is 351 Å². The second-order valence-electron chi connectivity index (χ2n) is 34.6. The van der Waals surface area contributed by atoms with Crippen molar-refractivity contribution < 1.29 is 99.8 Å². The number of para-hydroxylation sites is 1. The molecule has 0 saturated heterocycles. The normalized spacial score (nSPS) is 17.4. The van der Waals surface area contributed by atoms with Gasteiger partial charge in [0.05, 0.1) is 68.0 Å². The maximum atomic E-state index is 14.4. The first-order chi connectivity index (χ1) is 70.6. The number of carbonyl (C=O) groups is 12. The van der Waals surface area contributed by atoms with Crippen molar-refractivity contribution in [3.8, 4) is 17.2 Å². The number of esters is 6. The fraction of sp³-hybridized carbons (Fsp3) is 0.235. The maximum absolute atomic E-state index is 14.4. The standard InChI is InChI=1S/C21H19ClFNO4.C21H20ClNO3.C20H18ClNO3.C20H19NO4.C18H17NO3.C15H15Cl2NO3/c1-12-19(21(26)28-11-13-6-8-14(27-2)9-7-13)15(10-18(25)24-12)20-16(22)4-3-5-17(20)23;1-14-20(21(25)26-11-10-15-6-3-2-4-7-15)18(13-19(24)23-14)16-8-5-9-17(22)12-16;1-13-19(20(24)25-12-14-7-3-2-4-8-14)16(11-18(23)22-13)15-9-5-6-10-17(15)21;1-13-19(20(23)24-2)17(12-18(22)21-13)14-7-6-10-16(11-14)25-15-8-4-3-5-9-15;1-11-17(18(21)22-2)15(10-16(20)19-11)14-9-5-7-12-6-3-4-8-13(12)14;1-3-21-15(20)14-8(2)18-13(19)7-11(14)10-5-4-9(16)6-12(10)17/h3-9,15H,10-11H2,1-2H3,(H,24,25);2-9,12,18H,10-11,13H2,1H3,(H,23,24);2-10,16H,11-12H2,1H3,(H,22,23);3-11,17H,12H2,1-2H3,(H,21,22);3-9,15H,10H2,1-2H3,(H,19,20);4-6,11H,3,7H2,1-2H3,(H,18,19). The quantitative estimate of drug-likeness (QED) is 0.0256. The predicted molar refractivity (Wildman–Crippen MR) is 558 cm³/mol. The van der Waals surface area contributed by atoms with E-state index in [0.29, 0.717) is 106 Å². The molecule has 6 atom stereocenters. The number of fused-ring (bicyclic) bond motifs is 1. The molecule has 0 aliphatic carbocycles. The molecule has 6 unspecified atom stereocenters. The molecule has 0 bridgehead atoms. The first-order valence-corrected chi connectivity index (χ1v) is 48.8. The number of carbonyl (C=O) groups excluding carboxylic acids is 12. The summed E-state index contributed by atoms with van der Waals surface area (Å²) in [6.07, 6.45) is 1.49. The van der Waals surface area contributed by atoms with Crippen LogP contribution < -0.4 is 41.4 Å². The minimum Gasteiger partial charge on any atom is -0.497 e. The van der Waals surface area contributed by atoms with Crippen molar-refractivity contribution in [3.05, 3.63) is 416 Å². The molecule has 0 fully saturated rings. The van der Waals surface area contributed by atoms with Crippen LogP contribution in [0.4, 0.5) is 4.39 Å². The van der Waals surface area contributed by atoms with E-state index in [-0.39, 0.29) is 134 Å². The van der Waals surface area contributed by atoms with Crippen LogP contribution in [0.15, 0.2) is 335 Å². The van der Waals surface area contributed by atoms with E-state index in [0.717, 1.165) is 55.5 Å². The van der Waals surface area contributed by atoms with Gasteiger partial charge in [-0.2, -0.15) is 0 Å². The molecule has 147 heavy (non-hydrogen) atoms. The number of nitrogens with one attached hydrogen (secondary N) is 6. The molecule has 17 rings (SSSR count). The largest absolute Gasteiger partial charge is 0.497 e. The van der Waals surface area contributed by atoms with E-state index in [1.807, 2.05) is 188 Å². The van der Waals surface area contributed by atoms with Crippen LogP contribution in [-0.4, -0.2) is 106 Å². The summed E-state index contributed by atoms with van der Waals surface area (Å²) >= 11 is 30.7. The Morgan fingerprint density at radius 3 is 1.20 bits per heavy atom. The van der Waals surface area contributed by atoms with Gasteiger partial charge in [-0.25, -0.2) is 33.2 Å². The number of hydrogen-bond donors (Lipinski definition) is 6. The summed E-state index contributed by atoms with van der Waals surface area (Å²) in [5.41, 5.74) is 12.5. The fourth-order valence-corrected chi connectivity index (χ4v) is 19.2. The molecule has 0 saturated carbocycles. The molecule has 0 radical (unpaired) electrons. The predicted octanol–water partition coefficient (Wildman–Crippen LogP) is 21.9. The third-order valence-electron chi connectivity index (χ3n) is 24.6. The van der Waals surface area contributed by atoms with Crippen molar-refractivity contribution in [1.29, 1.82) is 0 Å². The van der Waals surface area contributed by atoms with E-state index in [9.17, 15) is 61.9 Å². The number of hydrogen-bond acceptors (Lipinski definition) is 20. The highest BCUT2D eigenvalue weighted by Gasteiger charge is 2.41. The van der Waals surface area contributed by atoms with E-state index in [4.69, 9.17) is 95.9 Å². The van der Waals surface area contributed by atoms with Gasteiger partial charge in [0.15, 0.2) is 0 Å². The molecule has 6 amide bonds. The Bertz CT molecular complexity index is 6970. The second-order valence-corrected chi connectivity index (χ2v) is 36.7. The number of ether oxygens (including phenoxy) is 8. The van der Waals surface area contributed by atoms with Gasteiger partial charge in [0, 0.05) is 145 Å². The highest BCUT2D eigenvalue weighted by atomic mass is 35.5. The zero-order valence-electron chi connectivity index (χ0n) is 82.1. The molecule has 26 nitrogen and oxygen atoms in total. The van der Waals surface area contributed by atoms with Crippen LogP contribution in [0.3, 0.4) is 0 Å². The molecule has 6 N–H and O–H groups in total. The van der Waals surface area contributed by atoms with E-state index in [2.05, 4.69) is 31.9 Å². The van der Waals surface area contributed by atoms with Crippen LogP contribution >= 0.6 is 58.0 Å². The second kappa shape index (κ2) is 53.0. The Kier molecular flexibility index (Phi) is 39.9. The summed E-state index contributed by atoms with van der Waals surface area (Å²) < 4.78 is 56.7. The zero-order valence-corrected chi connectivity index (χ0v) is 85.9. The van der Waals surface area contributed by atoms with Gasteiger partial charge in [-0.3, -0.25) is 28.8 Å². The van der Waals surface area contributed by atoms with Crippen LogP contribution in [0.5, 0.6) is 17.2 Å². The average molecular weight is 2090 g/mol. The lowest BCUT2D eigenvalue weighted by atomic mass is 9.82. The summed E-state index contributed by atoms with van der Waals surface area (Å²) in [6.45, 7) is 12.7. The number of amides is 6. The zero-order chi connectivity index (χ0) is 106. The van der Waals surface area contributed by atoms with Crippen molar-refractivity contribution in [2.24, 2.45) is 0 Å². The number of benzene rings is 11. The van der Waals surface area contributed by atoms with Gasteiger partial charge in [0.25, 0.3) is 0 Å². The van der Waals surface area contributed by atoms with E-state index >= 15 is 0 Å². The summed E-state index contributed by atoms with van der Waals surface area (Å²) in [7, 11) is 4.26. The van der Waals surface area contributed by atoms with E-state index < -0.39 is 59.4 Å². The molecule has 6 aliphatic rings. The molecule has 11 aromatic carbocycles. The van der Waals surface area contributed by atoms with Crippen LogP contribution in [0.2, 0.25) is 25.1 Å². The SMILES string of the molecule is CC1=C(C(=O)OCCc2ccccc2)C(c2cccc(Cl)c2)CC(=O)N1.CC1=C(C(=O)OCc2ccccc2)C(c2ccccc2Cl)CC(=O)N1.CCOC(=O)C1=C(C)NC(=O)CC1c1ccc(Cl)cc1Cl.COC(=O)C1=C(C)NC(=O)CC1c1cccc(Oc2ccccc2)c1.COC(=O)C1=C(C)NC(=O)CC1c1cccc2ccccc12.COc1ccc(COC(=O)C2=C(C)NC(=O)CC2c2c(F)cccc2Cl)cc1. The molecule has 11 aromatic rings. The Balaban J connectivity index is 0.000000157. The van der Waals surface area contributed by atoms with Gasteiger partial charge in [-0.05, 0) is 183 Å². The van der Waals surface area contributed by atoms with Gasteiger partial charge < -0.3 is 69.8 Å². The Morgan fingerprint density at radius 1 is 0.320 bits per heavy atom. The third kappa shape index (κ3) is 29.6. The Morgan fingerprint density at radius 2 is 0.694 bits per heavy atom. The van der Waals surface area contributed by atoms with Crippen molar-refractivity contribution in [1.82, 2.24) is 31.9 Å². The third-order valence-corrected chi connectivity index (χ3v) is 26.1. The molecular formula is C115H108Cl5FN6O20. The van der Waals surface area contributed by atoms with Gasteiger partial charge in [-0.1, -0.05) is 246 Å². The number of allylic oxidation sites excluding steroid dienone is 6. The molecule has 6 aliphatic heterocycles. The van der Waals surface area contributed by atoms with Gasteiger partial charge in [-0.15, -0.1) is 0 Å². The summed E-state index contributed by atoms with van der Waals surface area (Å²) in [6, 6.07) is 81.0. The van der Waals surface area contributed by atoms with E-state index in [1.165, 1.54) is 32.4 Å².